The van der Waals surface area contributed by atoms with Crippen molar-refractivity contribution in [1.29, 1.82) is 0 Å². The summed E-state index contributed by atoms with van der Waals surface area (Å²) in [6.07, 6.45) is -7.07. The van der Waals surface area contributed by atoms with Crippen LogP contribution in [0, 0.1) is 0 Å². The Hall–Kier alpha value is -3.26. The van der Waals surface area contributed by atoms with Gasteiger partial charge >= 0.3 is 35.8 Å². The summed E-state index contributed by atoms with van der Waals surface area (Å²) in [5.74, 6) is -9.86. The van der Waals surface area contributed by atoms with Crippen LogP contribution in [0.25, 0.3) is 0 Å². The first-order valence-corrected chi connectivity index (χ1v) is 6.85. The lowest BCUT2D eigenvalue weighted by Crippen LogP contribution is -2.44. The molecule has 0 spiro atoms. The Morgan fingerprint density at radius 3 is 1.56 bits per heavy atom. The van der Waals surface area contributed by atoms with Gasteiger partial charge in [-0.2, -0.15) is 0 Å². The number of aliphatic hydroxyl groups is 2. The van der Waals surface area contributed by atoms with Gasteiger partial charge in [-0.25, -0.2) is 14.4 Å². The molecular weight excluding hydrogens is 380 g/mol. The zero-order valence-electron chi connectivity index (χ0n) is 13.8. The van der Waals surface area contributed by atoms with Crippen molar-refractivity contribution in [2.45, 2.75) is 44.0 Å². The molecule has 0 fully saturated rings. The van der Waals surface area contributed by atoms with Crippen LogP contribution in [0.3, 0.4) is 0 Å². The Morgan fingerprint density at radius 2 is 1.30 bits per heavy atom. The maximum atomic E-state index is 11.3. The minimum atomic E-state index is -2.99. The fourth-order valence-corrected chi connectivity index (χ4v) is 1.24. The molecular formula is C13H18O14. The van der Waals surface area contributed by atoms with E-state index in [2.05, 4.69) is 4.74 Å². The minimum absolute atomic E-state index is 1.08. The first-order valence-electron chi connectivity index (χ1n) is 6.85. The van der Waals surface area contributed by atoms with Gasteiger partial charge in [-0.3, -0.25) is 14.4 Å². The largest absolute Gasteiger partial charge is 0.481 e. The summed E-state index contributed by atoms with van der Waals surface area (Å²) >= 11 is 0. The van der Waals surface area contributed by atoms with Gasteiger partial charge in [0.15, 0.2) is 5.60 Å². The highest BCUT2D eigenvalue weighted by Gasteiger charge is 2.42. The van der Waals surface area contributed by atoms with Crippen molar-refractivity contribution >= 4 is 35.8 Å². The van der Waals surface area contributed by atoms with Gasteiger partial charge < -0.3 is 40.5 Å². The maximum absolute atomic E-state index is 11.3. The minimum Gasteiger partial charge on any atom is -0.481 e. The van der Waals surface area contributed by atoms with E-state index < -0.39 is 72.9 Å². The van der Waals surface area contributed by atoms with E-state index >= 15 is 0 Å². The van der Waals surface area contributed by atoms with Crippen molar-refractivity contribution in [2.75, 3.05) is 0 Å². The second-order valence-corrected chi connectivity index (χ2v) is 5.01. The average Bonchev–Trinajstić information content (AvgIpc) is 2.45. The Labute approximate surface area is 150 Å². The molecule has 0 aromatic heterocycles. The van der Waals surface area contributed by atoms with E-state index in [-0.39, 0.29) is 0 Å². The fourth-order valence-electron chi connectivity index (χ4n) is 1.24. The number of rotatable bonds is 10. The van der Waals surface area contributed by atoms with Crippen LogP contribution < -0.4 is 0 Å². The highest BCUT2D eigenvalue weighted by Crippen LogP contribution is 2.18. The van der Waals surface area contributed by atoms with Crippen LogP contribution in [0.1, 0.15) is 26.2 Å². The third-order valence-corrected chi connectivity index (χ3v) is 2.55. The van der Waals surface area contributed by atoms with Gasteiger partial charge in [0.2, 0.25) is 6.10 Å². The summed E-state index contributed by atoms with van der Waals surface area (Å²) in [4.78, 5) is 63.0. The van der Waals surface area contributed by atoms with E-state index in [1.807, 2.05) is 0 Å². The number of carboxylic acids is 5. The molecule has 0 aliphatic heterocycles. The quantitative estimate of drug-likeness (QED) is 0.189. The molecule has 0 aliphatic carbocycles. The number of carboxylic acid groups (broad SMARTS) is 5. The zero-order valence-corrected chi connectivity index (χ0v) is 13.8. The second kappa shape index (κ2) is 11.4. The topological polar surface area (TPSA) is 253 Å². The normalized spacial score (nSPS) is 14.3. The van der Waals surface area contributed by atoms with Crippen molar-refractivity contribution in [3.05, 3.63) is 0 Å². The molecule has 3 atom stereocenters. The lowest BCUT2D eigenvalue weighted by molar-refractivity contribution is -0.177. The van der Waals surface area contributed by atoms with Crippen LogP contribution in [0.5, 0.6) is 0 Å². The summed E-state index contributed by atoms with van der Waals surface area (Å²) in [5, 5.41) is 59.4. The zero-order chi connectivity index (χ0) is 21.9. The monoisotopic (exact) mass is 398 g/mol. The molecule has 0 radical (unpaired) electrons. The second-order valence-electron chi connectivity index (χ2n) is 5.01. The molecule has 0 aliphatic rings. The van der Waals surface area contributed by atoms with Crippen LogP contribution in [0.2, 0.25) is 0 Å². The smallest absolute Gasteiger partial charge is 0.345 e. The standard InChI is InChI=1S/C10H12O11.C3H6O3/c11-5(12)1-4(8(16)17)21-7(15)3-10(20,9(18)19)2-6(13)14;1-2(4)3(5)6/h4,20H,1-3H2,(H,11,12)(H,13,14)(H,16,17)(H,18,19);2,4H,1H3,(H,5,6). The first kappa shape index (κ1) is 26.0. The van der Waals surface area contributed by atoms with Gasteiger partial charge in [-0.15, -0.1) is 0 Å². The number of hydrogen-bond donors (Lipinski definition) is 7. The number of aliphatic hydroxyl groups excluding tert-OH is 1. The lowest BCUT2D eigenvalue weighted by atomic mass is 9.96. The lowest BCUT2D eigenvalue weighted by Gasteiger charge is -2.21. The van der Waals surface area contributed by atoms with Gasteiger partial charge in [-0.1, -0.05) is 0 Å². The predicted octanol–water partition coefficient (Wildman–Crippen LogP) is -2.41. The van der Waals surface area contributed by atoms with Crippen LogP contribution in [-0.4, -0.2) is 89.4 Å². The molecule has 0 rings (SSSR count). The molecule has 0 saturated carbocycles. The number of carbonyl (C=O) groups excluding carboxylic acids is 1. The summed E-state index contributed by atoms with van der Waals surface area (Å²) in [6, 6.07) is 0. The molecule has 0 saturated heterocycles. The molecule has 154 valence electrons. The van der Waals surface area contributed by atoms with Crippen molar-refractivity contribution in [1.82, 2.24) is 0 Å². The summed E-state index contributed by atoms with van der Waals surface area (Å²) in [7, 11) is 0. The molecule has 7 N–H and O–H groups in total. The highest BCUT2D eigenvalue weighted by atomic mass is 16.6. The Balaban J connectivity index is 0. The van der Waals surface area contributed by atoms with Gasteiger partial charge in [0.25, 0.3) is 0 Å². The average molecular weight is 398 g/mol. The van der Waals surface area contributed by atoms with E-state index in [0.29, 0.717) is 0 Å². The van der Waals surface area contributed by atoms with Gasteiger partial charge in [-0.05, 0) is 6.92 Å². The van der Waals surface area contributed by atoms with Crippen LogP contribution >= 0.6 is 0 Å². The molecule has 0 heterocycles. The third kappa shape index (κ3) is 11.8. The van der Waals surface area contributed by atoms with Crippen molar-refractivity contribution in [3.63, 3.8) is 0 Å². The molecule has 0 amide bonds. The van der Waals surface area contributed by atoms with Crippen molar-refractivity contribution in [3.8, 4) is 0 Å². The van der Waals surface area contributed by atoms with Crippen molar-refractivity contribution in [2.24, 2.45) is 0 Å². The van der Waals surface area contributed by atoms with Gasteiger partial charge in [0.05, 0.1) is 19.3 Å². The summed E-state index contributed by atoms with van der Waals surface area (Å²) in [5.41, 5.74) is -2.99. The van der Waals surface area contributed by atoms with E-state index in [1.54, 1.807) is 0 Å². The molecule has 0 aromatic rings. The van der Waals surface area contributed by atoms with E-state index in [1.165, 1.54) is 6.92 Å². The maximum Gasteiger partial charge on any atom is 0.345 e. The SMILES string of the molecule is CC(O)C(=O)O.O=C(O)CC(OC(=O)CC(O)(CC(=O)O)C(=O)O)C(=O)O. The molecule has 14 nitrogen and oxygen atoms in total. The summed E-state index contributed by atoms with van der Waals surface area (Å²) < 4.78 is 4.21. The number of esters is 1. The number of ether oxygens (including phenoxy) is 1. The predicted molar refractivity (Wildman–Crippen MR) is 78.5 cm³/mol. The molecule has 14 heteroatoms. The van der Waals surface area contributed by atoms with E-state index in [9.17, 15) is 33.9 Å². The third-order valence-electron chi connectivity index (χ3n) is 2.55. The molecule has 0 bridgehead atoms. The molecule has 3 unspecified atom stereocenters. The number of hydrogen-bond acceptors (Lipinski definition) is 9. The van der Waals surface area contributed by atoms with Crippen LogP contribution in [0.4, 0.5) is 0 Å². The van der Waals surface area contributed by atoms with Crippen LogP contribution in [-0.2, 0) is 33.5 Å². The Kier molecular flexibility index (Phi) is 10.9. The Bertz CT molecular complexity index is 594. The van der Waals surface area contributed by atoms with Gasteiger partial charge in [0, 0.05) is 0 Å². The highest BCUT2D eigenvalue weighted by molar-refractivity contribution is 5.89. The molecule has 27 heavy (non-hydrogen) atoms. The van der Waals surface area contributed by atoms with Gasteiger partial charge in [0.1, 0.15) is 6.10 Å². The van der Waals surface area contributed by atoms with E-state index in [0.717, 1.165) is 0 Å². The first-order chi connectivity index (χ1) is 12.1. The van der Waals surface area contributed by atoms with E-state index in [4.69, 9.17) is 30.6 Å². The van der Waals surface area contributed by atoms with Crippen LogP contribution in [0.15, 0.2) is 0 Å². The fraction of sp³-hybridized carbons (Fsp3) is 0.538. The summed E-state index contributed by atoms with van der Waals surface area (Å²) in [6.45, 7) is 1.20. The van der Waals surface area contributed by atoms with Crippen molar-refractivity contribution < 1.29 is 69.2 Å². The Morgan fingerprint density at radius 1 is 0.852 bits per heavy atom. The molecule has 0 aromatic carbocycles. The number of carbonyl (C=O) groups is 6. The number of aliphatic carboxylic acids is 5.